The third-order valence-electron chi connectivity index (χ3n) is 4.71. The van der Waals surface area contributed by atoms with Crippen LogP contribution in [0.2, 0.25) is 0 Å². The van der Waals surface area contributed by atoms with Crippen LogP contribution in [-0.4, -0.2) is 29.5 Å². The Morgan fingerprint density at radius 2 is 2.00 bits per heavy atom. The van der Waals surface area contributed by atoms with Gasteiger partial charge in [0.2, 0.25) is 5.88 Å². The Morgan fingerprint density at radius 1 is 1.13 bits per heavy atom. The lowest BCUT2D eigenvalue weighted by molar-refractivity contribution is 0.0566. The summed E-state index contributed by atoms with van der Waals surface area (Å²) in [6.45, 7) is 9.12. The summed E-state index contributed by atoms with van der Waals surface area (Å²) in [7, 11) is 0. The van der Waals surface area contributed by atoms with Crippen LogP contribution in [0.4, 0.5) is 4.39 Å². The van der Waals surface area contributed by atoms with E-state index in [1.54, 1.807) is 24.3 Å². The van der Waals surface area contributed by atoms with Crippen LogP contribution in [0, 0.1) is 5.82 Å². The molecule has 30 heavy (non-hydrogen) atoms. The molecule has 0 radical (unpaired) electrons. The van der Waals surface area contributed by atoms with Gasteiger partial charge in [-0.25, -0.2) is 4.39 Å². The van der Waals surface area contributed by atoms with E-state index in [2.05, 4.69) is 30.6 Å². The summed E-state index contributed by atoms with van der Waals surface area (Å²) in [5, 5.41) is 8.09. The summed E-state index contributed by atoms with van der Waals surface area (Å²) >= 11 is 0. The molecule has 0 aliphatic heterocycles. The predicted octanol–water partition coefficient (Wildman–Crippen LogP) is 6.63. The van der Waals surface area contributed by atoms with Gasteiger partial charge in [-0.15, -0.1) is 10.2 Å². The van der Waals surface area contributed by atoms with Gasteiger partial charge in [0.1, 0.15) is 12.4 Å². The van der Waals surface area contributed by atoms with E-state index in [1.807, 2.05) is 18.2 Å². The topological polar surface area (TPSA) is 44.2 Å². The zero-order chi connectivity index (χ0) is 21.6. The Balaban J connectivity index is 1.80. The third kappa shape index (κ3) is 8.46. The minimum absolute atomic E-state index is 0.273. The van der Waals surface area contributed by atoms with Crippen molar-refractivity contribution in [1.82, 2.24) is 10.2 Å². The highest BCUT2D eigenvalue weighted by Crippen LogP contribution is 2.22. The van der Waals surface area contributed by atoms with Crippen molar-refractivity contribution in [2.45, 2.75) is 58.5 Å². The van der Waals surface area contributed by atoms with Crippen LogP contribution in [0.1, 0.15) is 57.9 Å². The molecule has 5 heteroatoms. The van der Waals surface area contributed by atoms with Crippen molar-refractivity contribution in [3.05, 3.63) is 60.4 Å². The van der Waals surface area contributed by atoms with Crippen LogP contribution in [0.5, 0.6) is 5.88 Å². The molecule has 0 amide bonds. The summed E-state index contributed by atoms with van der Waals surface area (Å²) in [5.74, 6) is 0.143. The quantitative estimate of drug-likeness (QED) is 0.258. The fraction of sp³-hybridized carbons (Fsp3) is 0.440. The van der Waals surface area contributed by atoms with E-state index < -0.39 is 0 Å². The molecule has 1 unspecified atom stereocenters. The fourth-order valence-electron chi connectivity index (χ4n) is 2.97. The number of halogens is 1. The molecular formula is C25H33FN2O2. The molecule has 2 aromatic rings. The predicted molar refractivity (Wildman–Crippen MR) is 121 cm³/mol. The van der Waals surface area contributed by atoms with Gasteiger partial charge in [0.05, 0.1) is 11.8 Å². The monoisotopic (exact) mass is 412 g/mol. The largest absolute Gasteiger partial charge is 0.472 e. The lowest BCUT2D eigenvalue weighted by Gasteiger charge is -2.12. The van der Waals surface area contributed by atoms with Crippen LogP contribution >= 0.6 is 0 Å². The number of allylic oxidation sites excluding steroid dienone is 1. The molecule has 0 aliphatic rings. The molecule has 162 valence electrons. The second-order valence-corrected chi connectivity index (χ2v) is 7.31. The first-order chi connectivity index (χ1) is 14.6. The standard InChI is InChI=1S/C25H33FN2O2/c1-4-6-10-18-29-20(3)11-8-7-9-12-21-13-14-22(19-23(21)26)24-15-16-25(28-27-24)30-17-5-2/h5,9,12-16,19-20H,2,4,6-8,10-11,17-18H2,1,3H3. The Labute approximate surface area is 179 Å². The zero-order valence-corrected chi connectivity index (χ0v) is 18.1. The Kier molecular flexibility index (Phi) is 10.8. The van der Waals surface area contributed by atoms with E-state index in [9.17, 15) is 4.39 Å². The molecule has 1 aromatic heterocycles. The lowest BCUT2D eigenvalue weighted by atomic mass is 10.1. The summed E-state index contributed by atoms with van der Waals surface area (Å²) in [5.41, 5.74) is 1.85. The van der Waals surface area contributed by atoms with Crippen molar-refractivity contribution in [2.75, 3.05) is 13.2 Å². The molecule has 0 aliphatic carbocycles. The molecule has 1 heterocycles. The van der Waals surface area contributed by atoms with Gasteiger partial charge >= 0.3 is 0 Å². The number of hydrogen-bond donors (Lipinski definition) is 0. The Morgan fingerprint density at radius 3 is 2.70 bits per heavy atom. The summed E-state index contributed by atoms with van der Waals surface area (Å²) in [6, 6.07) is 8.58. The number of nitrogens with zero attached hydrogens (tertiary/aromatic N) is 2. The first kappa shape index (κ1) is 23.7. The van der Waals surface area contributed by atoms with E-state index in [0.717, 1.165) is 32.3 Å². The zero-order valence-electron chi connectivity index (χ0n) is 18.1. The SMILES string of the molecule is C=CCOc1ccc(-c2ccc(C=CCCCC(C)OCCCCC)c(F)c2)nn1. The van der Waals surface area contributed by atoms with Gasteiger partial charge in [-0.3, -0.25) is 0 Å². The van der Waals surface area contributed by atoms with Gasteiger partial charge < -0.3 is 9.47 Å². The van der Waals surface area contributed by atoms with E-state index in [4.69, 9.17) is 9.47 Å². The number of benzene rings is 1. The highest BCUT2D eigenvalue weighted by atomic mass is 19.1. The Bertz CT molecular complexity index is 790. The minimum Gasteiger partial charge on any atom is -0.472 e. The van der Waals surface area contributed by atoms with Crippen molar-refractivity contribution in [3.63, 3.8) is 0 Å². The van der Waals surface area contributed by atoms with Crippen molar-refractivity contribution in [2.24, 2.45) is 0 Å². The third-order valence-corrected chi connectivity index (χ3v) is 4.71. The van der Waals surface area contributed by atoms with Gasteiger partial charge in [-0.05, 0) is 44.7 Å². The van der Waals surface area contributed by atoms with E-state index >= 15 is 0 Å². The Hall–Kier alpha value is -2.53. The highest BCUT2D eigenvalue weighted by molar-refractivity contribution is 5.62. The molecular weight excluding hydrogens is 379 g/mol. The van der Waals surface area contributed by atoms with E-state index in [-0.39, 0.29) is 11.9 Å². The normalized spacial score (nSPS) is 12.2. The number of rotatable bonds is 14. The lowest BCUT2D eigenvalue weighted by Crippen LogP contribution is -2.08. The summed E-state index contributed by atoms with van der Waals surface area (Å²) < 4.78 is 25.6. The fourth-order valence-corrected chi connectivity index (χ4v) is 2.97. The van der Waals surface area contributed by atoms with E-state index in [1.165, 1.54) is 18.9 Å². The molecule has 0 saturated heterocycles. The maximum atomic E-state index is 14.5. The first-order valence-corrected chi connectivity index (χ1v) is 10.8. The molecule has 0 fully saturated rings. The number of aromatic nitrogens is 2. The molecule has 0 N–H and O–H groups in total. The second kappa shape index (κ2) is 13.6. The van der Waals surface area contributed by atoms with Crippen molar-refractivity contribution < 1.29 is 13.9 Å². The number of ether oxygens (including phenoxy) is 2. The van der Waals surface area contributed by atoms with Gasteiger partial charge in [0, 0.05) is 23.8 Å². The molecule has 0 saturated carbocycles. The first-order valence-electron chi connectivity index (χ1n) is 10.8. The summed E-state index contributed by atoms with van der Waals surface area (Å²) in [6.07, 6.45) is 12.3. The molecule has 1 atom stereocenters. The molecule has 0 spiro atoms. The van der Waals surface area contributed by atoms with Gasteiger partial charge in [0.15, 0.2) is 0 Å². The molecule has 2 rings (SSSR count). The molecule has 0 bridgehead atoms. The van der Waals surface area contributed by atoms with Crippen molar-refractivity contribution in [1.29, 1.82) is 0 Å². The van der Waals surface area contributed by atoms with Crippen LogP contribution in [0.3, 0.4) is 0 Å². The van der Waals surface area contributed by atoms with Gasteiger partial charge in [-0.2, -0.15) is 0 Å². The van der Waals surface area contributed by atoms with Crippen LogP contribution < -0.4 is 4.74 Å². The average molecular weight is 413 g/mol. The van der Waals surface area contributed by atoms with Crippen molar-refractivity contribution in [3.8, 4) is 17.1 Å². The highest BCUT2D eigenvalue weighted by Gasteiger charge is 2.06. The van der Waals surface area contributed by atoms with Crippen LogP contribution in [0.25, 0.3) is 17.3 Å². The van der Waals surface area contributed by atoms with Crippen molar-refractivity contribution >= 4 is 6.08 Å². The van der Waals surface area contributed by atoms with Crippen LogP contribution in [0.15, 0.2) is 49.1 Å². The van der Waals surface area contributed by atoms with Gasteiger partial charge in [0.25, 0.3) is 0 Å². The molecule has 4 nitrogen and oxygen atoms in total. The smallest absolute Gasteiger partial charge is 0.233 e. The number of hydrogen-bond acceptors (Lipinski definition) is 4. The van der Waals surface area contributed by atoms with Gasteiger partial charge in [-0.1, -0.05) is 56.7 Å². The average Bonchev–Trinajstić information content (AvgIpc) is 2.76. The maximum Gasteiger partial charge on any atom is 0.233 e. The van der Waals surface area contributed by atoms with Crippen LogP contribution in [-0.2, 0) is 4.74 Å². The number of unbranched alkanes of at least 4 members (excludes halogenated alkanes) is 3. The maximum absolute atomic E-state index is 14.5. The second-order valence-electron chi connectivity index (χ2n) is 7.31. The summed E-state index contributed by atoms with van der Waals surface area (Å²) in [4.78, 5) is 0. The molecule has 1 aromatic carbocycles. The van der Waals surface area contributed by atoms with E-state index in [0.29, 0.717) is 29.3 Å². The minimum atomic E-state index is -0.273.